The number of halogens is 10. The van der Waals surface area contributed by atoms with E-state index in [0.29, 0.717) is 6.54 Å². The van der Waals surface area contributed by atoms with Crippen molar-refractivity contribution in [2.75, 3.05) is 6.54 Å². The summed E-state index contributed by atoms with van der Waals surface area (Å²) in [5, 5.41) is 5.71. The molecule has 1 aliphatic heterocycles. The maximum absolute atomic E-state index is 6.36. The Bertz CT molecular complexity index is 471. The van der Waals surface area contributed by atoms with Crippen LogP contribution in [0.5, 0.6) is 0 Å². The Kier molecular flexibility index (Phi) is 9.40. The highest BCUT2D eigenvalue weighted by Gasteiger charge is 2.63. The SMILES string of the molecule is CCCCCCN1N=CN(C(Cl)(Cl)C(Cl)(Cl)Cl)C1C(Cl)(Cl)C(Cl)(Cl)Cl. The normalized spacial score (nSPS) is 19.9. The molecular formula is C12H15Cl10N3. The van der Waals surface area contributed by atoms with Gasteiger partial charge in [0.15, 0.2) is 6.17 Å². The number of hydrogen-bond donors (Lipinski definition) is 0. The van der Waals surface area contributed by atoms with Crippen LogP contribution in [0.25, 0.3) is 0 Å². The molecule has 0 radical (unpaired) electrons. The van der Waals surface area contributed by atoms with Crippen molar-refractivity contribution in [2.45, 2.75) is 55.1 Å². The van der Waals surface area contributed by atoms with Crippen LogP contribution >= 0.6 is 116 Å². The number of alkyl halides is 10. The highest BCUT2D eigenvalue weighted by Crippen LogP contribution is 2.56. The summed E-state index contributed by atoms with van der Waals surface area (Å²) in [5.41, 5.74) is 0. The molecule has 1 rings (SSSR count). The molecule has 0 aromatic carbocycles. The fourth-order valence-corrected chi connectivity index (χ4v) is 3.45. The van der Waals surface area contributed by atoms with Crippen molar-refractivity contribution in [3.05, 3.63) is 0 Å². The van der Waals surface area contributed by atoms with E-state index in [9.17, 15) is 0 Å². The van der Waals surface area contributed by atoms with Crippen LogP contribution in [0.2, 0.25) is 0 Å². The molecule has 1 unspecified atom stereocenters. The van der Waals surface area contributed by atoms with E-state index in [-0.39, 0.29) is 0 Å². The summed E-state index contributed by atoms with van der Waals surface area (Å²) in [6.45, 7) is 2.56. The smallest absolute Gasteiger partial charge is 0.241 e. The third-order valence-electron chi connectivity index (χ3n) is 3.48. The number of nitrogens with zero attached hydrogens (tertiary/aromatic N) is 3. The molecule has 1 heterocycles. The molecule has 0 aliphatic carbocycles. The minimum atomic E-state index is -2.13. The van der Waals surface area contributed by atoms with E-state index in [2.05, 4.69) is 12.0 Å². The van der Waals surface area contributed by atoms with Gasteiger partial charge in [-0.2, -0.15) is 5.10 Å². The van der Waals surface area contributed by atoms with Gasteiger partial charge in [-0.1, -0.05) is 142 Å². The first kappa shape index (κ1) is 25.2. The molecular weight excluding hydrogens is 541 g/mol. The van der Waals surface area contributed by atoms with Gasteiger partial charge in [0, 0.05) is 6.54 Å². The Hall–Kier alpha value is 2.17. The minimum Gasteiger partial charge on any atom is -0.301 e. The van der Waals surface area contributed by atoms with Crippen molar-refractivity contribution in [1.82, 2.24) is 9.91 Å². The molecule has 0 aromatic heterocycles. The van der Waals surface area contributed by atoms with Gasteiger partial charge in [0.25, 0.3) is 0 Å². The largest absolute Gasteiger partial charge is 0.301 e. The monoisotopic (exact) mass is 551 g/mol. The topological polar surface area (TPSA) is 18.8 Å². The van der Waals surface area contributed by atoms with Gasteiger partial charge in [0.2, 0.25) is 16.4 Å². The number of unbranched alkanes of at least 4 members (excludes halogenated alkanes) is 3. The molecule has 0 bridgehead atoms. The molecule has 0 spiro atoms. The molecule has 3 nitrogen and oxygen atoms in total. The molecule has 1 aliphatic rings. The number of hydrogen-bond acceptors (Lipinski definition) is 3. The highest BCUT2D eigenvalue weighted by molar-refractivity contribution is 6.76. The lowest BCUT2D eigenvalue weighted by molar-refractivity contribution is 0.0967. The lowest BCUT2D eigenvalue weighted by Gasteiger charge is -2.46. The van der Waals surface area contributed by atoms with Gasteiger partial charge in [0.05, 0.1) is 0 Å². The summed E-state index contributed by atoms with van der Waals surface area (Å²) in [6.07, 6.45) is 4.06. The zero-order valence-corrected chi connectivity index (χ0v) is 20.4. The maximum Gasteiger partial charge on any atom is 0.241 e. The van der Waals surface area contributed by atoms with E-state index in [4.69, 9.17) is 116 Å². The zero-order chi connectivity index (χ0) is 19.7. The average Bonchev–Trinajstić information content (AvgIpc) is 2.86. The van der Waals surface area contributed by atoms with E-state index < -0.39 is 22.5 Å². The maximum atomic E-state index is 6.36. The molecule has 0 aromatic rings. The Morgan fingerprint density at radius 1 is 0.840 bits per heavy atom. The molecule has 1 atom stereocenters. The summed E-state index contributed by atoms with van der Waals surface area (Å²) in [6, 6.07) is 0. The second-order valence-corrected chi connectivity index (χ2v) is 12.6. The molecule has 0 fully saturated rings. The van der Waals surface area contributed by atoms with Crippen molar-refractivity contribution in [1.29, 1.82) is 0 Å². The molecule has 13 heteroatoms. The van der Waals surface area contributed by atoms with E-state index in [1.54, 1.807) is 0 Å². The lowest BCUT2D eigenvalue weighted by atomic mass is 10.2. The van der Waals surface area contributed by atoms with Gasteiger partial charge in [-0.25, -0.2) is 0 Å². The van der Waals surface area contributed by atoms with Crippen LogP contribution < -0.4 is 0 Å². The van der Waals surface area contributed by atoms with Crippen molar-refractivity contribution >= 4 is 122 Å². The Balaban J connectivity index is 3.16. The van der Waals surface area contributed by atoms with Crippen molar-refractivity contribution < 1.29 is 0 Å². The van der Waals surface area contributed by atoms with Crippen molar-refractivity contribution in [2.24, 2.45) is 5.10 Å². The summed E-state index contributed by atoms with van der Waals surface area (Å²) in [7, 11) is 0. The fourth-order valence-electron chi connectivity index (χ4n) is 2.15. The summed E-state index contributed by atoms with van der Waals surface area (Å²) in [5.74, 6) is 0. The third kappa shape index (κ3) is 5.84. The summed E-state index contributed by atoms with van der Waals surface area (Å²) < 4.78 is -8.30. The van der Waals surface area contributed by atoms with E-state index in [1.807, 2.05) is 0 Å². The van der Waals surface area contributed by atoms with Gasteiger partial charge in [0.1, 0.15) is 6.34 Å². The second-order valence-electron chi connectivity index (χ2n) is 5.40. The number of hydrazone groups is 1. The third-order valence-corrected chi connectivity index (χ3v) is 8.27. The molecule has 0 saturated carbocycles. The zero-order valence-electron chi connectivity index (χ0n) is 12.8. The van der Waals surface area contributed by atoms with E-state index in [1.165, 1.54) is 11.3 Å². The minimum absolute atomic E-state index is 0.462. The number of rotatable bonds is 7. The predicted molar refractivity (Wildman–Crippen MR) is 114 cm³/mol. The van der Waals surface area contributed by atoms with Gasteiger partial charge in [-0.15, -0.1) is 0 Å². The fraction of sp³-hybridized carbons (Fsp3) is 0.917. The average molecular weight is 556 g/mol. The molecule has 0 N–H and O–H groups in total. The highest BCUT2D eigenvalue weighted by atomic mass is 35.6. The van der Waals surface area contributed by atoms with E-state index >= 15 is 0 Å². The first-order valence-corrected chi connectivity index (χ1v) is 10.9. The van der Waals surface area contributed by atoms with Gasteiger partial charge < -0.3 is 4.90 Å². The van der Waals surface area contributed by atoms with E-state index in [0.717, 1.165) is 30.6 Å². The van der Waals surface area contributed by atoms with Crippen LogP contribution in [0.4, 0.5) is 0 Å². The van der Waals surface area contributed by atoms with Gasteiger partial charge in [-0.05, 0) is 6.42 Å². The van der Waals surface area contributed by atoms with Crippen LogP contribution in [0, 0.1) is 0 Å². The lowest BCUT2D eigenvalue weighted by Crippen LogP contribution is -2.63. The molecule has 0 amide bonds. The summed E-state index contributed by atoms with van der Waals surface area (Å²) in [4.78, 5) is 1.16. The quantitative estimate of drug-likeness (QED) is 0.184. The van der Waals surface area contributed by atoms with Gasteiger partial charge >= 0.3 is 0 Å². The van der Waals surface area contributed by atoms with Crippen LogP contribution in [-0.2, 0) is 0 Å². The Labute approximate surface area is 197 Å². The van der Waals surface area contributed by atoms with Crippen LogP contribution in [0.1, 0.15) is 32.6 Å². The van der Waals surface area contributed by atoms with Crippen LogP contribution in [0.15, 0.2) is 5.10 Å². The molecule has 25 heavy (non-hydrogen) atoms. The standard InChI is InChI=1S/C12H15Cl10N3/c1-2-3-4-5-6-25-8(9(13,14)10(15,16)17)24(7-23-25)12(21,22)11(18,19)20/h7-8H,2-6H2,1H3. The Morgan fingerprint density at radius 2 is 1.40 bits per heavy atom. The first-order chi connectivity index (χ1) is 11.2. The Morgan fingerprint density at radius 3 is 1.84 bits per heavy atom. The van der Waals surface area contributed by atoms with Gasteiger partial charge in [-0.3, -0.25) is 5.01 Å². The van der Waals surface area contributed by atoms with Crippen LogP contribution in [-0.4, -0.2) is 45.3 Å². The van der Waals surface area contributed by atoms with Crippen molar-refractivity contribution in [3.63, 3.8) is 0 Å². The second kappa shape index (κ2) is 9.32. The molecule has 0 saturated heterocycles. The summed E-state index contributed by atoms with van der Waals surface area (Å²) >= 11 is 60.8. The van der Waals surface area contributed by atoms with Crippen molar-refractivity contribution in [3.8, 4) is 0 Å². The molecule has 148 valence electrons. The first-order valence-electron chi connectivity index (χ1n) is 7.16. The predicted octanol–water partition coefficient (Wildman–Crippen LogP) is 7.50. The van der Waals surface area contributed by atoms with Crippen LogP contribution in [0.3, 0.4) is 0 Å².